The zero-order valence-electron chi connectivity index (χ0n) is 10.2. The Morgan fingerprint density at radius 2 is 2.26 bits per heavy atom. The number of ether oxygens (including phenoxy) is 1. The normalized spacial score (nSPS) is 11.5. The molecule has 0 radical (unpaired) electrons. The third kappa shape index (κ3) is 3.63. The summed E-state index contributed by atoms with van der Waals surface area (Å²) in [5.41, 5.74) is 0.810. The van der Waals surface area contributed by atoms with Crippen molar-refractivity contribution >= 4 is 23.2 Å². The summed E-state index contributed by atoms with van der Waals surface area (Å²) in [6.07, 6.45) is 5.34. The molecule has 0 amide bonds. The number of hydrogen-bond donors (Lipinski definition) is 0. The first-order valence-corrected chi connectivity index (χ1v) is 6.31. The lowest BCUT2D eigenvalue weighted by Gasteiger charge is -2.16. The largest absolute Gasteiger partial charge is 0.436 e. The molecule has 2 rings (SSSR count). The van der Waals surface area contributed by atoms with Gasteiger partial charge >= 0.3 is 0 Å². The molecule has 1 unspecified atom stereocenters. The van der Waals surface area contributed by atoms with Crippen LogP contribution in [0.2, 0.25) is 10.0 Å². The smallest absolute Gasteiger partial charge is 0.156 e. The average Bonchev–Trinajstić information content (AvgIpc) is 2.88. The van der Waals surface area contributed by atoms with Crippen molar-refractivity contribution in [1.29, 1.82) is 0 Å². The van der Waals surface area contributed by atoms with Gasteiger partial charge in [0.05, 0.1) is 6.54 Å². The van der Waals surface area contributed by atoms with Crippen LogP contribution in [0, 0.1) is 12.0 Å². The Balaban J connectivity index is 2.27. The van der Waals surface area contributed by atoms with Crippen LogP contribution < -0.4 is 0 Å². The van der Waals surface area contributed by atoms with E-state index in [0.717, 1.165) is 5.56 Å². The minimum atomic E-state index is -0.334. The van der Waals surface area contributed by atoms with Crippen molar-refractivity contribution in [2.75, 3.05) is 0 Å². The van der Waals surface area contributed by atoms with E-state index in [4.69, 9.17) is 27.9 Å². The van der Waals surface area contributed by atoms with Gasteiger partial charge in [-0.2, -0.15) is 5.10 Å². The molecule has 1 heterocycles. The molecule has 0 saturated heterocycles. The highest BCUT2D eigenvalue weighted by atomic mass is 35.5. The molecule has 0 spiro atoms. The fourth-order valence-corrected chi connectivity index (χ4v) is 2.12. The van der Waals surface area contributed by atoms with E-state index in [9.17, 15) is 0 Å². The highest BCUT2D eigenvalue weighted by Gasteiger charge is 2.17. The molecule has 0 saturated carbocycles. The summed E-state index contributed by atoms with van der Waals surface area (Å²) in [5, 5.41) is 5.16. The van der Waals surface area contributed by atoms with Gasteiger partial charge in [0, 0.05) is 22.5 Å². The number of nitrogens with zero attached hydrogens (tertiary/aromatic N) is 3. The molecule has 6 heteroatoms. The fraction of sp³-hybridized carbons (Fsp3) is 0.231. The monoisotopic (exact) mass is 295 g/mol. The second-order valence-corrected chi connectivity index (χ2v) is 4.59. The molecule has 1 aromatic heterocycles. The van der Waals surface area contributed by atoms with Crippen molar-refractivity contribution in [3.63, 3.8) is 0 Å². The summed E-state index contributed by atoms with van der Waals surface area (Å²) >= 11 is 12.1. The van der Waals surface area contributed by atoms with Crippen LogP contribution in [0.1, 0.15) is 18.6 Å². The molecule has 19 heavy (non-hydrogen) atoms. The molecule has 98 valence electrons. The molecule has 0 fully saturated rings. The van der Waals surface area contributed by atoms with Gasteiger partial charge in [-0.1, -0.05) is 35.2 Å². The van der Waals surface area contributed by atoms with E-state index in [0.29, 0.717) is 16.6 Å². The second kappa shape index (κ2) is 6.46. The van der Waals surface area contributed by atoms with Gasteiger partial charge in [0.1, 0.15) is 18.8 Å². The Hall–Kier alpha value is -1.70. The third-order valence-electron chi connectivity index (χ3n) is 2.43. The summed E-state index contributed by atoms with van der Waals surface area (Å²) in [7, 11) is 0. The van der Waals surface area contributed by atoms with Gasteiger partial charge in [-0.3, -0.25) is 0 Å². The zero-order valence-corrected chi connectivity index (χ0v) is 11.7. The Morgan fingerprint density at radius 3 is 2.89 bits per heavy atom. The van der Waals surface area contributed by atoms with Crippen LogP contribution >= 0.6 is 23.2 Å². The van der Waals surface area contributed by atoms with Crippen molar-refractivity contribution < 1.29 is 4.74 Å². The highest BCUT2D eigenvalue weighted by Crippen LogP contribution is 2.29. The number of hydrogen-bond acceptors (Lipinski definition) is 3. The second-order valence-electron chi connectivity index (χ2n) is 3.74. The van der Waals surface area contributed by atoms with Gasteiger partial charge in [0.25, 0.3) is 0 Å². The number of aromatic nitrogens is 3. The van der Waals surface area contributed by atoms with E-state index in [-0.39, 0.29) is 6.10 Å². The predicted octanol–water partition coefficient (Wildman–Crippen LogP) is 3.32. The van der Waals surface area contributed by atoms with E-state index in [1.807, 2.05) is 6.07 Å². The lowest BCUT2D eigenvalue weighted by atomic mass is 10.1. The quantitative estimate of drug-likeness (QED) is 0.813. The van der Waals surface area contributed by atoms with Crippen LogP contribution in [0.4, 0.5) is 0 Å². The topological polar surface area (TPSA) is 39.9 Å². The first kappa shape index (κ1) is 13.7. The van der Waals surface area contributed by atoms with Gasteiger partial charge in [-0.25, -0.2) is 9.67 Å². The highest BCUT2D eigenvalue weighted by molar-refractivity contribution is 6.35. The zero-order chi connectivity index (χ0) is 13.7. The van der Waals surface area contributed by atoms with Gasteiger partial charge in [-0.15, -0.1) is 0 Å². The molecule has 0 N–H and O–H groups in total. The maximum absolute atomic E-state index is 6.19. The molecular formula is C13H11Cl2N3O. The van der Waals surface area contributed by atoms with E-state index in [1.165, 1.54) is 6.33 Å². The number of benzene rings is 1. The molecule has 1 atom stereocenters. The molecule has 0 aliphatic heterocycles. The third-order valence-corrected chi connectivity index (χ3v) is 2.99. The van der Waals surface area contributed by atoms with E-state index in [1.54, 1.807) is 30.1 Å². The summed E-state index contributed by atoms with van der Waals surface area (Å²) in [6.45, 7) is 2.17. The molecule has 0 bridgehead atoms. The number of rotatable bonds is 4. The predicted molar refractivity (Wildman–Crippen MR) is 73.8 cm³/mol. The summed E-state index contributed by atoms with van der Waals surface area (Å²) in [4.78, 5) is 3.89. The SMILES string of the molecule is CC#COC(Cn1cncn1)c1ccc(Cl)cc1Cl. The molecular weight excluding hydrogens is 285 g/mol. The average molecular weight is 296 g/mol. The van der Waals surface area contributed by atoms with Crippen LogP contribution in [0.25, 0.3) is 0 Å². The van der Waals surface area contributed by atoms with Gasteiger partial charge in [0.2, 0.25) is 0 Å². The van der Waals surface area contributed by atoms with Gasteiger partial charge in [0.15, 0.2) is 6.10 Å². The number of halogens is 2. The Bertz CT molecular complexity index is 602. The maximum atomic E-state index is 6.19. The Kier molecular flexibility index (Phi) is 4.67. The van der Waals surface area contributed by atoms with E-state index >= 15 is 0 Å². The molecule has 1 aromatic carbocycles. The summed E-state index contributed by atoms with van der Waals surface area (Å²) < 4.78 is 7.15. The Labute approximate surface area is 121 Å². The molecule has 2 aromatic rings. The van der Waals surface area contributed by atoms with Crippen molar-refractivity contribution in [3.8, 4) is 12.0 Å². The summed E-state index contributed by atoms with van der Waals surface area (Å²) in [5.74, 6) is 2.69. The van der Waals surface area contributed by atoms with Crippen LogP contribution in [-0.2, 0) is 11.3 Å². The fourth-order valence-electron chi connectivity index (χ4n) is 1.59. The molecule has 0 aliphatic rings. The first-order valence-electron chi connectivity index (χ1n) is 5.55. The van der Waals surface area contributed by atoms with Crippen molar-refractivity contribution in [2.24, 2.45) is 0 Å². The minimum absolute atomic E-state index is 0.334. The Morgan fingerprint density at radius 1 is 1.42 bits per heavy atom. The van der Waals surface area contributed by atoms with Crippen molar-refractivity contribution in [1.82, 2.24) is 14.8 Å². The van der Waals surface area contributed by atoms with Crippen LogP contribution in [0.5, 0.6) is 0 Å². The molecule has 4 nitrogen and oxygen atoms in total. The molecule has 0 aliphatic carbocycles. The van der Waals surface area contributed by atoms with E-state index in [2.05, 4.69) is 22.1 Å². The van der Waals surface area contributed by atoms with Crippen molar-refractivity contribution in [2.45, 2.75) is 19.6 Å². The lowest BCUT2D eigenvalue weighted by Crippen LogP contribution is -2.12. The van der Waals surface area contributed by atoms with Crippen LogP contribution in [-0.4, -0.2) is 14.8 Å². The summed E-state index contributed by atoms with van der Waals surface area (Å²) in [6, 6.07) is 5.26. The standard InChI is InChI=1S/C13H11Cl2N3O/c1-2-5-19-13(7-18-9-16-8-17-18)11-4-3-10(14)6-12(11)15/h3-4,6,8-9,13H,7H2,1H3. The van der Waals surface area contributed by atoms with Gasteiger partial charge in [-0.05, 0) is 12.1 Å². The first-order chi connectivity index (χ1) is 9.20. The maximum Gasteiger partial charge on any atom is 0.156 e. The van der Waals surface area contributed by atoms with E-state index < -0.39 is 0 Å². The van der Waals surface area contributed by atoms with Crippen molar-refractivity contribution in [3.05, 3.63) is 46.5 Å². The van der Waals surface area contributed by atoms with Crippen LogP contribution in [0.3, 0.4) is 0 Å². The van der Waals surface area contributed by atoms with Crippen LogP contribution in [0.15, 0.2) is 30.9 Å². The minimum Gasteiger partial charge on any atom is -0.436 e. The van der Waals surface area contributed by atoms with Gasteiger partial charge < -0.3 is 4.74 Å². The lowest BCUT2D eigenvalue weighted by molar-refractivity contribution is 0.144.